The van der Waals surface area contributed by atoms with Gasteiger partial charge in [0.05, 0.1) is 12.0 Å². The first-order valence-corrected chi connectivity index (χ1v) is 8.79. The van der Waals surface area contributed by atoms with Crippen LogP contribution in [-0.4, -0.2) is 17.3 Å². The monoisotopic (exact) mass is 367 g/mol. The fourth-order valence-electron chi connectivity index (χ4n) is 2.71. The molecule has 1 amide bonds. The smallest absolute Gasteiger partial charge is 0.264 e. The molecule has 25 heavy (non-hydrogen) atoms. The van der Waals surface area contributed by atoms with Gasteiger partial charge in [-0.05, 0) is 36.4 Å². The third kappa shape index (κ3) is 2.94. The molecule has 2 aromatic carbocycles. The van der Waals surface area contributed by atoms with Gasteiger partial charge in [0.25, 0.3) is 5.91 Å². The van der Waals surface area contributed by atoms with Crippen molar-refractivity contribution in [3.63, 3.8) is 0 Å². The molecule has 0 saturated carbocycles. The highest BCUT2D eigenvalue weighted by atomic mass is 32.2. The second-order valence-corrected chi connectivity index (χ2v) is 7.11. The number of thiocarbonyl (C=S) groups is 1. The molecule has 4 rings (SSSR count). The molecule has 0 bridgehead atoms. The molecule has 0 unspecified atom stereocenters. The van der Waals surface area contributed by atoms with Crippen LogP contribution in [0.25, 0.3) is 11.3 Å². The molecule has 1 N–H and O–H groups in total. The van der Waals surface area contributed by atoms with E-state index in [1.165, 1.54) is 11.8 Å². The third-order valence-electron chi connectivity index (χ3n) is 3.91. The summed E-state index contributed by atoms with van der Waals surface area (Å²) in [6.07, 6.45) is 1.89. The summed E-state index contributed by atoms with van der Waals surface area (Å²) in [5.74, 6) is 1.99. The molecule has 0 radical (unpaired) electrons. The number of allylic oxidation sites excluding steroid dienone is 2. The van der Waals surface area contributed by atoms with Crippen molar-refractivity contribution in [3.8, 4) is 11.5 Å². The SMILES string of the molecule is COc1ccc(C2=CC(=C3SC(=S)NC3=O)c3ccccc3O2)cc1. The van der Waals surface area contributed by atoms with Crippen molar-refractivity contribution in [2.45, 2.75) is 0 Å². The van der Waals surface area contributed by atoms with Gasteiger partial charge in [-0.1, -0.05) is 42.2 Å². The molecule has 0 aromatic heterocycles. The summed E-state index contributed by atoms with van der Waals surface area (Å²) in [5, 5.41) is 2.68. The summed E-state index contributed by atoms with van der Waals surface area (Å²) < 4.78 is 11.7. The number of benzene rings is 2. The average Bonchev–Trinajstić information content (AvgIpc) is 2.99. The fraction of sp³-hybridized carbons (Fsp3) is 0.0526. The van der Waals surface area contributed by atoms with Crippen LogP contribution in [0.5, 0.6) is 11.5 Å². The zero-order valence-corrected chi connectivity index (χ0v) is 14.9. The lowest BCUT2D eigenvalue weighted by Gasteiger charge is -2.21. The van der Waals surface area contributed by atoms with Gasteiger partial charge in [0.1, 0.15) is 21.6 Å². The standard InChI is InChI=1S/C19H13NO3S2/c1-22-12-8-6-11(7-9-12)16-10-14(17-18(21)20-19(24)25-17)13-4-2-3-5-15(13)23-16/h2-10H,1H3,(H,20,21,24). The van der Waals surface area contributed by atoms with Gasteiger partial charge in [-0.15, -0.1) is 0 Å². The van der Waals surface area contributed by atoms with Crippen molar-refractivity contribution >= 4 is 45.5 Å². The van der Waals surface area contributed by atoms with Crippen LogP contribution in [0.2, 0.25) is 0 Å². The van der Waals surface area contributed by atoms with E-state index in [-0.39, 0.29) is 5.91 Å². The first-order chi connectivity index (χ1) is 12.2. The van der Waals surface area contributed by atoms with E-state index >= 15 is 0 Å². The van der Waals surface area contributed by atoms with Gasteiger partial charge in [-0.2, -0.15) is 0 Å². The topological polar surface area (TPSA) is 47.6 Å². The molecular weight excluding hydrogens is 354 g/mol. The number of methoxy groups -OCH3 is 1. The van der Waals surface area contributed by atoms with Gasteiger partial charge in [-0.25, -0.2) is 0 Å². The van der Waals surface area contributed by atoms with Gasteiger partial charge in [0.15, 0.2) is 0 Å². The molecular formula is C19H13NO3S2. The van der Waals surface area contributed by atoms with E-state index in [0.29, 0.717) is 20.7 Å². The van der Waals surface area contributed by atoms with E-state index in [2.05, 4.69) is 5.32 Å². The number of thioether (sulfide) groups is 1. The van der Waals surface area contributed by atoms with E-state index in [9.17, 15) is 4.79 Å². The van der Waals surface area contributed by atoms with E-state index in [1.807, 2.05) is 54.6 Å². The second kappa shape index (κ2) is 6.38. The third-order valence-corrected chi connectivity index (χ3v) is 5.16. The number of rotatable bonds is 2. The molecule has 1 saturated heterocycles. The van der Waals surface area contributed by atoms with Gasteiger partial charge < -0.3 is 14.8 Å². The molecule has 0 atom stereocenters. The number of fused-ring (bicyclic) bond motifs is 1. The number of hydrogen-bond acceptors (Lipinski definition) is 5. The van der Waals surface area contributed by atoms with Gasteiger partial charge in [0.2, 0.25) is 0 Å². The van der Waals surface area contributed by atoms with Crippen LogP contribution >= 0.6 is 24.0 Å². The Morgan fingerprint density at radius 1 is 1.12 bits per heavy atom. The highest BCUT2D eigenvalue weighted by molar-refractivity contribution is 8.26. The Morgan fingerprint density at radius 3 is 2.56 bits per heavy atom. The van der Waals surface area contributed by atoms with Gasteiger partial charge in [-0.3, -0.25) is 4.79 Å². The minimum Gasteiger partial charge on any atom is -0.497 e. The first kappa shape index (κ1) is 15.9. The van der Waals surface area contributed by atoms with E-state index < -0.39 is 0 Å². The summed E-state index contributed by atoms with van der Waals surface area (Å²) in [5.41, 5.74) is 2.59. The number of carbonyl (C=O) groups is 1. The Morgan fingerprint density at radius 2 is 1.88 bits per heavy atom. The summed E-state index contributed by atoms with van der Waals surface area (Å²) in [7, 11) is 1.63. The van der Waals surface area contributed by atoms with Crippen molar-refractivity contribution in [2.75, 3.05) is 7.11 Å². The highest BCUT2D eigenvalue weighted by Gasteiger charge is 2.29. The molecule has 2 aliphatic rings. The van der Waals surface area contributed by atoms with E-state index in [4.69, 9.17) is 21.7 Å². The number of hydrogen-bond donors (Lipinski definition) is 1. The van der Waals surface area contributed by atoms with Crippen LogP contribution in [0.4, 0.5) is 0 Å². The summed E-state index contributed by atoms with van der Waals surface area (Å²) >= 11 is 6.40. The molecule has 124 valence electrons. The Kier molecular flexibility index (Phi) is 4.07. The first-order valence-electron chi connectivity index (χ1n) is 7.56. The van der Waals surface area contributed by atoms with Crippen molar-refractivity contribution < 1.29 is 14.3 Å². The van der Waals surface area contributed by atoms with E-state index in [1.54, 1.807) is 7.11 Å². The van der Waals surface area contributed by atoms with Crippen molar-refractivity contribution in [2.24, 2.45) is 0 Å². The van der Waals surface area contributed by atoms with Crippen molar-refractivity contribution in [1.29, 1.82) is 0 Å². The van der Waals surface area contributed by atoms with Crippen LogP contribution in [0.3, 0.4) is 0 Å². The highest BCUT2D eigenvalue weighted by Crippen LogP contribution is 2.42. The van der Waals surface area contributed by atoms with Crippen LogP contribution in [0.15, 0.2) is 59.5 Å². The number of amides is 1. The van der Waals surface area contributed by atoms with Gasteiger partial charge in [0, 0.05) is 16.7 Å². The zero-order chi connectivity index (χ0) is 17.4. The van der Waals surface area contributed by atoms with Gasteiger partial charge >= 0.3 is 0 Å². The van der Waals surface area contributed by atoms with Crippen molar-refractivity contribution in [1.82, 2.24) is 5.32 Å². The molecule has 6 heteroatoms. The van der Waals surface area contributed by atoms with Crippen LogP contribution < -0.4 is 14.8 Å². The normalized spacial score (nSPS) is 19.0. The molecule has 2 aromatic rings. The number of para-hydroxylation sites is 1. The Hall–Kier alpha value is -2.57. The maximum Gasteiger partial charge on any atom is 0.264 e. The predicted octanol–water partition coefficient (Wildman–Crippen LogP) is 3.99. The minimum atomic E-state index is -0.174. The largest absolute Gasteiger partial charge is 0.497 e. The van der Waals surface area contributed by atoms with Crippen LogP contribution in [0, 0.1) is 0 Å². The summed E-state index contributed by atoms with van der Waals surface area (Å²) in [6.45, 7) is 0. The molecule has 2 heterocycles. The Balaban J connectivity index is 1.86. The molecule has 2 aliphatic heterocycles. The molecule has 0 spiro atoms. The zero-order valence-electron chi connectivity index (χ0n) is 13.2. The lowest BCUT2D eigenvalue weighted by Crippen LogP contribution is -2.18. The molecule has 0 aliphatic carbocycles. The maximum absolute atomic E-state index is 12.3. The van der Waals surface area contributed by atoms with Crippen LogP contribution in [0.1, 0.15) is 11.1 Å². The Labute approximate surface area is 154 Å². The molecule has 4 nitrogen and oxygen atoms in total. The van der Waals surface area contributed by atoms with Crippen LogP contribution in [-0.2, 0) is 4.79 Å². The lowest BCUT2D eigenvalue weighted by molar-refractivity contribution is -0.115. The second-order valence-electron chi connectivity index (χ2n) is 5.42. The minimum absolute atomic E-state index is 0.174. The summed E-state index contributed by atoms with van der Waals surface area (Å²) in [6, 6.07) is 15.3. The number of nitrogens with one attached hydrogen (secondary N) is 1. The maximum atomic E-state index is 12.3. The quantitative estimate of drug-likeness (QED) is 0.642. The molecule has 1 fully saturated rings. The number of carbonyl (C=O) groups excluding carboxylic acids is 1. The lowest BCUT2D eigenvalue weighted by atomic mass is 9.99. The van der Waals surface area contributed by atoms with E-state index in [0.717, 1.165) is 22.4 Å². The number of ether oxygens (including phenoxy) is 2. The van der Waals surface area contributed by atoms with Crippen molar-refractivity contribution in [3.05, 3.63) is 70.6 Å². The fourth-order valence-corrected chi connectivity index (χ4v) is 3.81. The average molecular weight is 367 g/mol. The Bertz CT molecular complexity index is 945. The predicted molar refractivity (Wildman–Crippen MR) is 103 cm³/mol. The summed E-state index contributed by atoms with van der Waals surface area (Å²) in [4.78, 5) is 12.8.